The van der Waals surface area contributed by atoms with E-state index in [4.69, 9.17) is 4.74 Å². The van der Waals surface area contributed by atoms with Gasteiger partial charge >= 0.3 is 5.97 Å². The van der Waals surface area contributed by atoms with Crippen molar-refractivity contribution in [2.24, 2.45) is 0 Å². The number of benzene rings is 1. The summed E-state index contributed by atoms with van der Waals surface area (Å²) in [6.07, 6.45) is 1.43. The molecule has 1 heterocycles. The summed E-state index contributed by atoms with van der Waals surface area (Å²) in [4.78, 5) is 23.7. The van der Waals surface area contributed by atoms with Crippen LogP contribution in [0.5, 0.6) is 11.5 Å². The molecule has 21 heavy (non-hydrogen) atoms. The Morgan fingerprint density at radius 2 is 2.05 bits per heavy atom. The maximum atomic E-state index is 11.9. The quantitative estimate of drug-likeness (QED) is 0.648. The van der Waals surface area contributed by atoms with E-state index in [2.05, 4.69) is 10.1 Å². The average Bonchev–Trinajstić information content (AvgIpc) is 2.74. The van der Waals surface area contributed by atoms with Crippen LogP contribution in [0.3, 0.4) is 0 Å². The van der Waals surface area contributed by atoms with E-state index >= 15 is 0 Å². The molecule has 6 heteroatoms. The topological polar surface area (TPSA) is 84.9 Å². The Bertz CT molecular complexity index is 673. The molecule has 0 unspecified atom stereocenters. The molecule has 1 aromatic rings. The van der Waals surface area contributed by atoms with E-state index in [1.807, 2.05) is 0 Å². The highest BCUT2D eigenvalue weighted by atomic mass is 16.5. The largest absolute Gasteiger partial charge is 0.504 e. The number of nitrogens with one attached hydrogen (secondary N) is 1. The Morgan fingerprint density at radius 3 is 2.67 bits per heavy atom. The Balaban J connectivity index is 2.54. The van der Waals surface area contributed by atoms with Gasteiger partial charge in [-0.25, -0.2) is 4.79 Å². The van der Waals surface area contributed by atoms with Gasteiger partial charge < -0.3 is 19.9 Å². The van der Waals surface area contributed by atoms with Crippen molar-refractivity contribution in [2.75, 3.05) is 14.2 Å². The summed E-state index contributed by atoms with van der Waals surface area (Å²) < 4.78 is 9.69. The van der Waals surface area contributed by atoms with E-state index in [-0.39, 0.29) is 22.6 Å². The van der Waals surface area contributed by atoms with Gasteiger partial charge in [0.15, 0.2) is 11.5 Å². The number of hydrogen-bond acceptors (Lipinski definition) is 5. The zero-order valence-electron chi connectivity index (χ0n) is 11.9. The molecular formula is C15H15NO5. The lowest BCUT2D eigenvalue weighted by molar-refractivity contribution is -0.136. The predicted molar refractivity (Wildman–Crippen MR) is 75.5 cm³/mol. The standard InChI is InChI=1S/C15H15NO5/c1-8-12(15(19)21-3)10(14(18)16-8)7-9-5-4-6-11(20-2)13(9)17/h4-7,17H,1-3H3,(H,16,18)/b10-7-. The van der Waals surface area contributed by atoms with Gasteiger partial charge in [0.2, 0.25) is 0 Å². The van der Waals surface area contributed by atoms with Crippen molar-refractivity contribution < 1.29 is 24.2 Å². The van der Waals surface area contributed by atoms with Gasteiger partial charge in [0, 0.05) is 11.3 Å². The molecule has 1 aromatic carbocycles. The summed E-state index contributed by atoms with van der Waals surface area (Å²) in [6, 6.07) is 4.88. The molecule has 0 aromatic heterocycles. The van der Waals surface area contributed by atoms with Gasteiger partial charge in [-0.3, -0.25) is 4.79 Å². The minimum atomic E-state index is -0.612. The minimum Gasteiger partial charge on any atom is -0.504 e. The van der Waals surface area contributed by atoms with Crippen molar-refractivity contribution in [1.29, 1.82) is 0 Å². The third-order valence-corrected chi connectivity index (χ3v) is 3.13. The first-order valence-electron chi connectivity index (χ1n) is 6.18. The predicted octanol–water partition coefficient (Wildman–Crippen LogP) is 1.36. The molecule has 110 valence electrons. The maximum Gasteiger partial charge on any atom is 0.340 e. The molecule has 2 rings (SSSR count). The van der Waals surface area contributed by atoms with Gasteiger partial charge in [-0.05, 0) is 19.1 Å². The van der Waals surface area contributed by atoms with Crippen LogP contribution in [0.15, 0.2) is 35.0 Å². The zero-order valence-corrected chi connectivity index (χ0v) is 11.9. The van der Waals surface area contributed by atoms with Gasteiger partial charge in [0.1, 0.15) is 0 Å². The van der Waals surface area contributed by atoms with E-state index < -0.39 is 11.9 Å². The second-order valence-electron chi connectivity index (χ2n) is 4.40. The van der Waals surface area contributed by atoms with Crippen LogP contribution < -0.4 is 10.1 Å². The van der Waals surface area contributed by atoms with Crippen molar-refractivity contribution in [3.05, 3.63) is 40.6 Å². The number of allylic oxidation sites excluding steroid dienone is 1. The highest BCUT2D eigenvalue weighted by Gasteiger charge is 2.30. The van der Waals surface area contributed by atoms with Crippen LogP contribution in [0.25, 0.3) is 6.08 Å². The lowest BCUT2D eigenvalue weighted by atomic mass is 10.0. The second kappa shape index (κ2) is 5.70. The Hall–Kier alpha value is -2.76. The van der Waals surface area contributed by atoms with E-state index in [9.17, 15) is 14.7 Å². The van der Waals surface area contributed by atoms with Crippen LogP contribution in [0, 0.1) is 0 Å². The molecule has 6 nitrogen and oxygen atoms in total. The van der Waals surface area contributed by atoms with Crippen LogP contribution in [0.1, 0.15) is 12.5 Å². The molecule has 0 bridgehead atoms. The van der Waals surface area contributed by atoms with Crippen molar-refractivity contribution in [1.82, 2.24) is 5.32 Å². The number of phenolic OH excluding ortho intramolecular Hbond substituents is 1. The van der Waals surface area contributed by atoms with Crippen molar-refractivity contribution in [3.63, 3.8) is 0 Å². The molecule has 1 aliphatic heterocycles. The number of methoxy groups -OCH3 is 2. The summed E-state index contributed by atoms with van der Waals surface area (Å²) >= 11 is 0. The average molecular weight is 289 g/mol. The molecule has 0 saturated carbocycles. The smallest absolute Gasteiger partial charge is 0.340 e. The number of carbonyl (C=O) groups is 2. The number of phenols is 1. The zero-order chi connectivity index (χ0) is 15.6. The molecule has 2 N–H and O–H groups in total. The monoisotopic (exact) mass is 289 g/mol. The molecule has 1 aliphatic rings. The first-order chi connectivity index (χ1) is 9.99. The van der Waals surface area contributed by atoms with Crippen LogP contribution in [0.4, 0.5) is 0 Å². The third kappa shape index (κ3) is 2.60. The maximum absolute atomic E-state index is 11.9. The summed E-state index contributed by atoms with van der Waals surface area (Å²) in [5.74, 6) is -0.855. The normalized spacial score (nSPS) is 16.1. The first kappa shape index (κ1) is 14.6. The van der Waals surface area contributed by atoms with Gasteiger partial charge in [-0.15, -0.1) is 0 Å². The first-order valence-corrected chi connectivity index (χ1v) is 6.18. The van der Waals surface area contributed by atoms with E-state index in [0.717, 1.165) is 0 Å². The summed E-state index contributed by atoms with van der Waals surface area (Å²) in [5.41, 5.74) is 1.09. The van der Waals surface area contributed by atoms with Crippen LogP contribution in [0.2, 0.25) is 0 Å². The van der Waals surface area contributed by atoms with Gasteiger partial charge in [0.05, 0.1) is 25.4 Å². The van der Waals surface area contributed by atoms with Gasteiger partial charge in [0.25, 0.3) is 5.91 Å². The minimum absolute atomic E-state index is 0.103. The number of para-hydroxylation sites is 1. The Morgan fingerprint density at radius 1 is 1.33 bits per heavy atom. The van der Waals surface area contributed by atoms with Gasteiger partial charge in [-0.1, -0.05) is 12.1 Å². The van der Waals surface area contributed by atoms with Crippen molar-refractivity contribution >= 4 is 18.0 Å². The molecule has 0 atom stereocenters. The number of aromatic hydroxyl groups is 1. The lowest BCUT2D eigenvalue weighted by Crippen LogP contribution is -2.15. The summed E-state index contributed by atoms with van der Waals surface area (Å²) in [7, 11) is 2.67. The molecule has 0 saturated heterocycles. The molecule has 0 radical (unpaired) electrons. The lowest BCUT2D eigenvalue weighted by Gasteiger charge is -2.07. The van der Waals surface area contributed by atoms with E-state index in [0.29, 0.717) is 11.3 Å². The number of hydrogen-bond donors (Lipinski definition) is 2. The van der Waals surface area contributed by atoms with Crippen LogP contribution >= 0.6 is 0 Å². The number of esters is 1. The van der Waals surface area contributed by atoms with Crippen molar-refractivity contribution in [3.8, 4) is 11.5 Å². The van der Waals surface area contributed by atoms with E-state index in [1.165, 1.54) is 20.3 Å². The molecular weight excluding hydrogens is 274 g/mol. The van der Waals surface area contributed by atoms with Gasteiger partial charge in [-0.2, -0.15) is 0 Å². The summed E-state index contributed by atoms with van der Waals surface area (Å²) in [6.45, 7) is 1.61. The van der Waals surface area contributed by atoms with Crippen LogP contribution in [-0.2, 0) is 14.3 Å². The molecule has 0 fully saturated rings. The summed E-state index contributed by atoms with van der Waals surface area (Å²) in [5, 5.41) is 12.6. The molecule has 0 spiro atoms. The number of rotatable bonds is 3. The molecule has 1 amide bonds. The SMILES string of the molecule is COC(=O)C1=C(C)NC(=O)/C1=C\c1cccc(OC)c1O. The fourth-order valence-corrected chi connectivity index (χ4v) is 2.09. The number of amides is 1. The van der Waals surface area contributed by atoms with E-state index in [1.54, 1.807) is 25.1 Å². The van der Waals surface area contributed by atoms with Crippen molar-refractivity contribution in [2.45, 2.75) is 6.92 Å². The van der Waals surface area contributed by atoms with Crippen LogP contribution in [-0.4, -0.2) is 31.2 Å². The highest BCUT2D eigenvalue weighted by molar-refractivity contribution is 6.16. The highest BCUT2D eigenvalue weighted by Crippen LogP contribution is 2.33. The Kier molecular flexibility index (Phi) is 3.98. The fraction of sp³-hybridized carbons (Fsp3) is 0.200. The molecule has 0 aliphatic carbocycles. The number of ether oxygens (including phenoxy) is 2. The fourth-order valence-electron chi connectivity index (χ4n) is 2.09. The second-order valence-corrected chi connectivity index (χ2v) is 4.40. The third-order valence-electron chi connectivity index (χ3n) is 3.13. The number of carbonyl (C=O) groups excluding carboxylic acids is 2. The Labute approximate surface area is 121 Å².